The Kier molecular flexibility index (Phi) is 228. The largest absolute Gasteiger partial charge is 0.631 e. The second kappa shape index (κ2) is 44.3. The molecule has 0 heterocycles. The van der Waals surface area contributed by atoms with E-state index in [9.17, 15) is 0 Å². The number of rotatable bonds is 0. The van der Waals surface area contributed by atoms with Gasteiger partial charge in [0.1, 0.15) is 0 Å². The average Bonchev–Trinajstić information content (AvgIpc) is 1.19. The normalized spacial score (nSPS) is 5.00. The smallest absolute Gasteiger partial charge is 0.412 e. The van der Waals surface area contributed by atoms with Crippen molar-refractivity contribution < 1.29 is 90.4 Å². The molecule has 0 fully saturated rings. The maximum Gasteiger partial charge on any atom is 0.631 e. The third kappa shape index (κ3) is 129000. The topological polar surface area (TPSA) is 356 Å². The molecule has 0 aliphatic heterocycles. The van der Waals surface area contributed by atoms with E-state index in [2.05, 4.69) is 0 Å². The van der Waals surface area contributed by atoms with Crippen LogP contribution in [-0.4, -0.2) is 78.2 Å². The third-order valence-electron chi connectivity index (χ3n) is 0. The van der Waals surface area contributed by atoms with Gasteiger partial charge in [0.05, 0.1) is 0 Å². The molecule has 14 nitrogen and oxygen atoms in total. The first-order valence-electron chi connectivity index (χ1n) is 1.47. The molecule has 0 unspecified atom stereocenters. The summed E-state index contributed by atoms with van der Waals surface area (Å²) in [7, 11) is -6.83. The monoisotopic (exact) mass is 350 g/mol. The van der Waals surface area contributed by atoms with Crippen molar-refractivity contribution in [2.24, 2.45) is 0 Å². The van der Waals surface area contributed by atoms with Gasteiger partial charge < -0.3 is 53.4 Å². The Hall–Kier alpha value is 0.158. The Labute approximate surface area is 109 Å². The Morgan fingerprint density at radius 3 is 0.647 bits per heavy atom. The summed E-state index contributed by atoms with van der Waals surface area (Å²) < 4.78 is 31.6. The van der Waals surface area contributed by atoms with Gasteiger partial charge in [0.15, 0.2) is 0 Å². The van der Waals surface area contributed by atoms with E-state index in [0.717, 1.165) is 0 Å². The minimum absolute atomic E-state index is 0. The second-order valence-electron chi connectivity index (χ2n) is 0.794. The van der Waals surface area contributed by atoms with E-state index in [-0.39, 0.29) is 57.8 Å². The SMILES string of the molecule is O.O.O.O.O.O.O.O=S(=O)(O)O.OB(O)O.[Zn]. The van der Waals surface area contributed by atoms with Gasteiger partial charge >= 0.3 is 17.7 Å². The van der Waals surface area contributed by atoms with Crippen LogP contribution in [0.25, 0.3) is 0 Å². The summed E-state index contributed by atoms with van der Waals surface area (Å²) in [4.78, 5) is 0. The molecular formula is H19BO14SZn. The van der Waals surface area contributed by atoms with E-state index in [1.54, 1.807) is 0 Å². The first-order valence-corrected chi connectivity index (χ1v) is 2.87. The third-order valence-corrected chi connectivity index (χ3v) is 0. The predicted octanol–water partition coefficient (Wildman–Crippen LogP) is -8.48. The van der Waals surface area contributed by atoms with E-state index in [4.69, 9.17) is 32.6 Å². The minimum Gasteiger partial charge on any atom is -0.412 e. The van der Waals surface area contributed by atoms with Crippen LogP contribution in [0, 0.1) is 0 Å². The molecule has 19 N–H and O–H groups in total. The van der Waals surface area contributed by atoms with Gasteiger partial charge in [-0.2, -0.15) is 8.42 Å². The number of hydrogen-bond acceptors (Lipinski definition) is 5. The summed E-state index contributed by atoms with van der Waals surface area (Å²) in [6, 6.07) is 0. The van der Waals surface area contributed by atoms with Gasteiger partial charge in [0, 0.05) is 19.5 Å². The molecule has 17 heteroatoms. The summed E-state index contributed by atoms with van der Waals surface area (Å²) in [5.74, 6) is 0. The van der Waals surface area contributed by atoms with Crippen molar-refractivity contribution >= 4 is 17.7 Å². The zero-order chi connectivity index (χ0) is 8.08. The first-order chi connectivity index (χ1) is 3.73. The Morgan fingerprint density at radius 1 is 0.647 bits per heavy atom. The van der Waals surface area contributed by atoms with E-state index >= 15 is 0 Å². The van der Waals surface area contributed by atoms with Crippen LogP contribution in [0.5, 0.6) is 0 Å². The van der Waals surface area contributed by atoms with E-state index in [0.29, 0.717) is 0 Å². The van der Waals surface area contributed by atoms with E-state index < -0.39 is 17.7 Å². The summed E-state index contributed by atoms with van der Waals surface area (Å²) in [5.41, 5.74) is 0. The van der Waals surface area contributed by atoms with Crippen LogP contribution >= 0.6 is 0 Å². The molecule has 0 saturated carbocycles. The molecule has 0 spiro atoms. The zero-order valence-corrected chi connectivity index (χ0v) is 12.0. The van der Waals surface area contributed by atoms with Gasteiger partial charge in [0.25, 0.3) is 0 Å². The number of hydrogen-bond donors (Lipinski definition) is 5. The molecule has 0 aromatic rings. The van der Waals surface area contributed by atoms with Crippen LogP contribution < -0.4 is 0 Å². The van der Waals surface area contributed by atoms with Crippen molar-refractivity contribution in [3.05, 3.63) is 0 Å². The predicted molar refractivity (Wildman–Crippen MR) is 51.9 cm³/mol. The van der Waals surface area contributed by atoms with Gasteiger partial charge in [0.2, 0.25) is 0 Å². The van der Waals surface area contributed by atoms with Crippen molar-refractivity contribution in [3.8, 4) is 0 Å². The van der Waals surface area contributed by atoms with E-state index in [1.807, 2.05) is 0 Å². The van der Waals surface area contributed by atoms with Crippen molar-refractivity contribution in [1.29, 1.82) is 0 Å². The van der Waals surface area contributed by atoms with E-state index in [1.165, 1.54) is 0 Å². The molecule has 0 bridgehead atoms. The quantitative estimate of drug-likeness (QED) is 0.207. The average molecular weight is 351 g/mol. The van der Waals surface area contributed by atoms with Gasteiger partial charge in [-0.05, 0) is 0 Å². The Morgan fingerprint density at radius 2 is 0.647 bits per heavy atom. The molecule has 0 atom stereocenters. The zero-order valence-electron chi connectivity index (χ0n) is 8.25. The summed E-state index contributed by atoms with van der Waals surface area (Å²) >= 11 is 0. The molecule has 0 aromatic carbocycles. The van der Waals surface area contributed by atoms with Gasteiger partial charge in [-0.25, -0.2) is 0 Å². The summed E-state index contributed by atoms with van der Waals surface area (Å²) in [5, 5.41) is 21.5. The molecule has 0 saturated heterocycles. The molecule has 0 aromatic heterocycles. The van der Waals surface area contributed by atoms with Crippen LogP contribution in [-0.2, 0) is 29.9 Å². The standard InChI is InChI=1S/BH3O3.H2O4S.7H2O.Zn/c2-1(3)4;1-5(2,3)4;;;;;;;;/h2-4H;(H2,1,2,3,4);7*1H2;. The summed E-state index contributed by atoms with van der Waals surface area (Å²) in [6.07, 6.45) is 0. The Bertz CT molecular complexity index is 128. The van der Waals surface area contributed by atoms with Crippen LogP contribution in [0.3, 0.4) is 0 Å². The van der Waals surface area contributed by atoms with Gasteiger partial charge in [-0.1, -0.05) is 0 Å². The molecule has 0 radical (unpaired) electrons. The molecule has 0 rings (SSSR count). The molecule has 0 aliphatic carbocycles. The van der Waals surface area contributed by atoms with Crippen LogP contribution in [0.4, 0.5) is 0 Å². The molecule has 114 valence electrons. The fourth-order valence-electron chi connectivity index (χ4n) is 0. The minimum atomic E-state index is -4.67. The first kappa shape index (κ1) is 87.4. The van der Waals surface area contributed by atoms with Crippen molar-refractivity contribution in [2.75, 3.05) is 0 Å². The molecule has 0 amide bonds. The molecular weight excluding hydrogens is 332 g/mol. The summed E-state index contributed by atoms with van der Waals surface area (Å²) in [6.45, 7) is 0. The van der Waals surface area contributed by atoms with Crippen LogP contribution in [0.1, 0.15) is 0 Å². The van der Waals surface area contributed by atoms with Crippen molar-refractivity contribution in [3.63, 3.8) is 0 Å². The van der Waals surface area contributed by atoms with Gasteiger partial charge in [-0.3, -0.25) is 9.11 Å². The van der Waals surface area contributed by atoms with Crippen LogP contribution in [0.15, 0.2) is 0 Å². The van der Waals surface area contributed by atoms with Crippen molar-refractivity contribution in [2.45, 2.75) is 0 Å². The fourth-order valence-corrected chi connectivity index (χ4v) is 0. The fraction of sp³-hybridized carbons (Fsp3) is 0. The maximum absolute atomic E-state index is 8.74. The maximum atomic E-state index is 8.74. The van der Waals surface area contributed by atoms with Crippen LogP contribution in [0.2, 0.25) is 0 Å². The Balaban J connectivity index is -0.00000000494. The molecule has 17 heavy (non-hydrogen) atoms. The van der Waals surface area contributed by atoms with Crippen molar-refractivity contribution in [1.82, 2.24) is 0 Å². The van der Waals surface area contributed by atoms with Gasteiger partial charge in [-0.15, -0.1) is 0 Å². The second-order valence-corrected chi connectivity index (χ2v) is 1.69. The molecule has 0 aliphatic rings.